The van der Waals surface area contributed by atoms with Crippen molar-refractivity contribution in [2.24, 2.45) is 11.8 Å². The minimum atomic E-state index is 0.213. The zero-order chi connectivity index (χ0) is 11.4. The van der Waals surface area contributed by atoms with Crippen LogP contribution in [0.25, 0.3) is 0 Å². The quantitative estimate of drug-likeness (QED) is 0.761. The van der Waals surface area contributed by atoms with Gasteiger partial charge in [0.2, 0.25) is 5.91 Å². The van der Waals surface area contributed by atoms with Crippen molar-refractivity contribution in [2.45, 2.75) is 19.3 Å². The van der Waals surface area contributed by atoms with Gasteiger partial charge in [0, 0.05) is 33.4 Å². The largest absolute Gasteiger partial charge is 0.381 e. The first kappa shape index (κ1) is 11.9. The third-order valence-corrected chi connectivity index (χ3v) is 3.66. The van der Waals surface area contributed by atoms with Crippen molar-refractivity contribution in [1.29, 1.82) is 0 Å². The predicted molar refractivity (Wildman–Crippen MR) is 62.2 cm³/mol. The molecule has 4 heteroatoms. The lowest BCUT2D eigenvalue weighted by atomic mass is 9.99. The normalized spacial score (nSPS) is 26.9. The van der Waals surface area contributed by atoms with Crippen LogP contribution in [0.4, 0.5) is 0 Å². The van der Waals surface area contributed by atoms with Gasteiger partial charge in [-0.05, 0) is 31.7 Å². The summed E-state index contributed by atoms with van der Waals surface area (Å²) in [5.74, 6) is 1.17. The molecule has 2 fully saturated rings. The zero-order valence-corrected chi connectivity index (χ0v) is 10.1. The molecule has 2 aliphatic rings. The van der Waals surface area contributed by atoms with Crippen molar-refractivity contribution in [3.8, 4) is 0 Å². The summed E-state index contributed by atoms with van der Waals surface area (Å²) < 4.78 is 5.33. The highest BCUT2D eigenvalue weighted by molar-refractivity contribution is 5.79. The first-order valence-corrected chi connectivity index (χ1v) is 6.31. The monoisotopic (exact) mass is 226 g/mol. The van der Waals surface area contributed by atoms with E-state index in [0.717, 1.165) is 52.1 Å². The number of rotatable bonds is 3. The average molecular weight is 226 g/mol. The molecule has 0 aromatic heterocycles. The molecule has 2 heterocycles. The second-order valence-electron chi connectivity index (χ2n) is 4.96. The van der Waals surface area contributed by atoms with E-state index >= 15 is 0 Å². The van der Waals surface area contributed by atoms with E-state index in [9.17, 15) is 4.79 Å². The summed E-state index contributed by atoms with van der Waals surface area (Å²) in [5.41, 5.74) is 0. The molecule has 0 saturated carbocycles. The van der Waals surface area contributed by atoms with Crippen LogP contribution in [-0.4, -0.2) is 50.7 Å². The van der Waals surface area contributed by atoms with E-state index in [1.165, 1.54) is 0 Å². The Balaban J connectivity index is 1.77. The average Bonchev–Trinajstić information content (AvgIpc) is 2.83. The summed E-state index contributed by atoms with van der Waals surface area (Å²) in [5, 5.41) is 3.24. The van der Waals surface area contributed by atoms with Gasteiger partial charge >= 0.3 is 0 Å². The third kappa shape index (κ3) is 2.95. The topological polar surface area (TPSA) is 41.6 Å². The van der Waals surface area contributed by atoms with Crippen LogP contribution < -0.4 is 5.32 Å². The highest BCUT2D eigenvalue weighted by atomic mass is 16.5. The van der Waals surface area contributed by atoms with Crippen molar-refractivity contribution in [3.63, 3.8) is 0 Å². The maximum atomic E-state index is 12.1. The smallest absolute Gasteiger partial charge is 0.226 e. The fourth-order valence-electron chi connectivity index (χ4n) is 2.58. The molecule has 0 bridgehead atoms. The summed E-state index contributed by atoms with van der Waals surface area (Å²) in [6.45, 7) is 4.46. The number of carbonyl (C=O) groups excluding carboxylic acids is 1. The number of carbonyl (C=O) groups is 1. The Labute approximate surface area is 97.3 Å². The predicted octanol–water partition coefficient (Wildman–Crippen LogP) is 0.481. The zero-order valence-electron chi connectivity index (χ0n) is 10.1. The van der Waals surface area contributed by atoms with E-state index in [0.29, 0.717) is 11.8 Å². The Bertz CT molecular complexity index is 233. The Morgan fingerprint density at radius 3 is 2.75 bits per heavy atom. The van der Waals surface area contributed by atoms with E-state index in [-0.39, 0.29) is 5.92 Å². The minimum Gasteiger partial charge on any atom is -0.381 e. The molecule has 16 heavy (non-hydrogen) atoms. The van der Waals surface area contributed by atoms with Crippen molar-refractivity contribution in [3.05, 3.63) is 0 Å². The summed E-state index contributed by atoms with van der Waals surface area (Å²) in [6, 6.07) is 0. The van der Waals surface area contributed by atoms with E-state index in [1.807, 2.05) is 11.9 Å². The lowest BCUT2D eigenvalue weighted by Crippen LogP contribution is -2.38. The summed E-state index contributed by atoms with van der Waals surface area (Å²) >= 11 is 0. The summed E-state index contributed by atoms with van der Waals surface area (Å²) in [7, 11) is 1.94. The van der Waals surface area contributed by atoms with Gasteiger partial charge in [-0.3, -0.25) is 4.79 Å². The molecule has 0 aromatic rings. The first-order valence-electron chi connectivity index (χ1n) is 6.31. The van der Waals surface area contributed by atoms with Crippen molar-refractivity contribution in [2.75, 3.05) is 39.9 Å². The number of ether oxygens (including phenoxy) is 1. The lowest BCUT2D eigenvalue weighted by molar-refractivity contribution is -0.134. The third-order valence-electron chi connectivity index (χ3n) is 3.66. The standard InChI is InChI=1S/C12H22N2O2/c1-14(9-10-3-6-16-7-4-10)12(15)11-2-5-13-8-11/h10-11,13H,2-9H2,1H3. The number of hydrogen-bond acceptors (Lipinski definition) is 3. The molecule has 0 radical (unpaired) electrons. The number of nitrogens with one attached hydrogen (secondary N) is 1. The van der Waals surface area contributed by atoms with Crippen LogP contribution in [0.15, 0.2) is 0 Å². The lowest BCUT2D eigenvalue weighted by Gasteiger charge is -2.28. The number of amides is 1. The molecule has 0 spiro atoms. The molecule has 4 nitrogen and oxygen atoms in total. The Kier molecular flexibility index (Phi) is 4.18. The van der Waals surface area contributed by atoms with Crippen LogP contribution in [-0.2, 0) is 9.53 Å². The molecule has 0 aromatic carbocycles. The molecule has 92 valence electrons. The Hall–Kier alpha value is -0.610. The molecule has 1 unspecified atom stereocenters. The van der Waals surface area contributed by atoms with Gasteiger partial charge in [-0.2, -0.15) is 0 Å². The van der Waals surface area contributed by atoms with Crippen LogP contribution in [0.1, 0.15) is 19.3 Å². The summed E-state index contributed by atoms with van der Waals surface area (Å²) in [4.78, 5) is 14.0. The van der Waals surface area contributed by atoms with Gasteiger partial charge in [-0.25, -0.2) is 0 Å². The number of nitrogens with zero attached hydrogens (tertiary/aromatic N) is 1. The maximum absolute atomic E-state index is 12.1. The van der Waals surface area contributed by atoms with Crippen LogP contribution in [0, 0.1) is 11.8 Å². The van der Waals surface area contributed by atoms with Crippen LogP contribution >= 0.6 is 0 Å². The fraction of sp³-hybridized carbons (Fsp3) is 0.917. The van der Waals surface area contributed by atoms with Crippen LogP contribution in [0.2, 0.25) is 0 Å². The van der Waals surface area contributed by atoms with E-state index in [2.05, 4.69) is 5.32 Å². The van der Waals surface area contributed by atoms with Gasteiger partial charge < -0.3 is 15.0 Å². The Morgan fingerprint density at radius 1 is 1.38 bits per heavy atom. The highest BCUT2D eigenvalue weighted by Crippen LogP contribution is 2.17. The van der Waals surface area contributed by atoms with Crippen molar-refractivity contribution >= 4 is 5.91 Å². The van der Waals surface area contributed by atoms with E-state index in [1.54, 1.807) is 0 Å². The SMILES string of the molecule is CN(CC1CCOCC1)C(=O)C1CCNC1. The minimum absolute atomic E-state index is 0.213. The van der Waals surface area contributed by atoms with Gasteiger partial charge in [0.05, 0.1) is 5.92 Å². The van der Waals surface area contributed by atoms with E-state index < -0.39 is 0 Å². The maximum Gasteiger partial charge on any atom is 0.226 e. The van der Waals surface area contributed by atoms with E-state index in [4.69, 9.17) is 4.74 Å². The fourth-order valence-corrected chi connectivity index (χ4v) is 2.58. The summed E-state index contributed by atoms with van der Waals surface area (Å²) in [6.07, 6.45) is 3.19. The first-order chi connectivity index (χ1) is 7.77. The van der Waals surface area contributed by atoms with Crippen LogP contribution in [0.5, 0.6) is 0 Å². The van der Waals surface area contributed by atoms with Gasteiger partial charge in [0.25, 0.3) is 0 Å². The molecular weight excluding hydrogens is 204 g/mol. The van der Waals surface area contributed by atoms with Gasteiger partial charge in [-0.1, -0.05) is 0 Å². The van der Waals surface area contributed by atoms with Gasteiger partial charge in [0.15, 0.2) is 0 Å². The van der Waals surface area contributed by atoms with Crippen molar-refractivity contribution in [1.82, 2.24) is 10.2 Å². The molecular formula is C12H22N2O2. The van der Waals surface area contributed by atoms with Crippen LogP contribution in [0.3, 0.4) is 0 Å². The molecule has 2 saturated heterocycles. The van der Waals surface area contributed by atoms with Crippen molar-refractivity contribution < 1.29 is 9.53 Å². The van der Waals surface area contributed by atoms with Gasteiger partial charge in [-0.15, -0.1) is 0 Å². The molecule has 1 amide bonds. The molecule has 2 aliphatic heterocycles. The number of hydrogen-bond donors (Lipinski definition) is 1. The molecule has 0 aliphatic carbocycles. The second-order valence-corrected chi connectivity index (χ2v) is 4.96. The molecule has 1 N–H and O–H groups in total. The highest BCUT2D eigenvalue weighted by Gasteiger charge is 2.26. The Morgan fingerprint density at radius 2 is 2.12 bits per heavy atom. The molecule has 2 rings (SSSR count). The van der Waals surface area contributed by atoms with Gasteiger partial charge in [0.1, 0.15) is 0 Å². The molecule has 1 atom stereocenters. The second kappa shape index (κ2) is 5.64.